The van der Waals surface area contributed by atoms with Crippen molar-refractivity contribution in [2.24, 2.45) is 11.8 Å². The van der Waals surface area contributed by atoms with Crippen molar-refractivity contribution in [3.8, 4) is 0 Å². The van der Waals surface area contributed by atoms with Gasteiger partial charge in [0.1, 0.15) is 4.92 Å². The van der Waals surface area contributed by atoms with Crippen molar-refractivity contribution in [2.45, 2.75) is 6.18 Å². The Kier molecular flexibility index (Phi) is 3.81. The van der Waals surface area contributed by atoms with Gasteiger partial charge in [0, 0.05) is 13.1 Å². The second kappa shape index (κ2) is 5.31. The number of aliphatic carboxylic acids is 1. The molecular weight excluding hydrogens is 313 g/mol. The summed E-state index contributed by atoms with van der Waals surface area (Å²) in [6, 6.07) is 1.84. The second-order valence-corrected chi connectivity index (χ2v) is 4.70. The molecule has 1 aliphatic rings. The molecule has 1 fully saturated rings. The highest BCUT2D eigenvalue weighted by Crippen LogP contribution is 2.38. The minimum absolute atomic E-state index is 0.515. The lowest BCUT2D eigenvalue weighted by molar-refractivity contribution is -0.402. The Morgan fingerprint density at radius 1 is 1.36 bits per heavy atom. The molecule has 0 radical (unpaired) electrons. The smallest absolute Gasteiger partial charge is 0.433 e. The number of furan rings is 1. The first-order chi connectivity index (χ1) is 10.1. The highest BCUT2D eigenvalue weighted by atomic mass is 19.4. The van der Waals surface area contributed by atoms with E-state index in [4.69, 9.17) is 5.11 Å². The van der Waals surface area contributed by atoms with E-state index >= 15 is 0 Å². The Morgan fingerprint density at radius 3 is 2.41 bits per heavy atom. The summed E-state index contributed by atoms with van der Waals surface area (Å²) >= 11 is 0. The summed E-state index contributed by atoms with van der Waals surface area (Å²) < 4.78 is 43.0. The Morgan fingerprint density at radius 2 is 2.00 bits per heavy atom. The summed E-state index contributed by atoms with van der Waals surface area (Å²) in [6.07, 6.45) is -4.77. The zero-order valence-electron chi connectivity index (χ0n) is 10.7. The maximum absolute atomic E-state index is 12.8. The first-order valence-corrected chi connectivity index (χ1v) is 5.94. The van der Waals surface area contributed by atoms with Gasteiger partial charge >= 0.3 is 18.0 Å². The summed E-state index contributed by atoms with van der Waals surface area (Å²) in [5.41, 5.74) is 0. The van der Waals surface area contributed by atoms with Gasteiger partial charge in [-0.15, -0.1) is 0 Å². The first kappa shape index (κ1) is 15.8. The summed E-state index contributed by atoms with van der Waals surface area (Å²) in [5.74, 6) is -7.91. The molecule has 0 unspecified atom stereocenters. The van der Waals surface area contributed by atoms with E-state index in [1.165, 1.54) is 0 Å². The van der Waals surface area contributed by atoms with Crippen molar-refractivity contribution < 1.29 is 37.2 Å². The van der Waals surface area contributed by atoms with Gasteiger partial charge in [-0.25, -0.2) is 0 Å². The third kappa shape index (κ3) is 2.87. The van der Waals surface area contributed by atoms with Gasteiger partial charge < -0.3 is 14.4 Å². The molecule has 1 saturated heterocycles. The topological polar surface area (TPSA) is 114 Å². The SMILES string of the molecule is O=C(O)[C@@H]1CN(C(=O)c2ccc([N+](=O)[O-])o2)C[C@H]1C(F)(F)F. The Balaban J connectivity index is 2.20. The zero-order valence-corrected chi connectivity index (χ0v) is 10.7. The molecule has 1 amide bonds. The lowest BCUT2D eigenvalue weighted by Crippen LogP contribution is -2.34. The van der Waals surface area contributed by atoms with Crippen LogP contribution in [0.4, 0.5) is 19.1 Å². The van der Waals surface area contributed by atoms with Gasteiger partial charge in [-0.05, 0) is 6.07 Å². The van der Waals surface area contributed by atoms with Crippen LogP contribution in [0.15, 0.2) is 16.5 Å². The normalized spacial score (nSPS) is 21.9. The van der Waals surface area contributed by atoms with Gasteiger partial charge in [-0.1, -0.05) is 0 Å². The third-order valence-corrected chi connectivity index (χ3v) is 3.33. The minimum Gasteiger partial charge on any atom is -0.481 e. The second-order valence-electron chi connectivity index (χ2n) is 4.70. The van der Waals surface area contributed by atoms with E-state index in [2.05, 4.69) is 4.42 Å². The predicted molar refractivity (Wildman–Crippen MR) is 61.9 cm³/mol. The molecule has 22 heavy (non-hydrogen) atoms. The van der Waals surface area contributed by atoms with E-state index < -0.39 is 59.5 Å². The van der Waals surface area contributed by atoms with E-state index in [1.54, 1.807) is 0 Å². The highest BCUT2D eigenvalue weighted by Gasteiger charge is 2.53. The van der Waals surface area contributed by atoms with Crippen LogP contribution in [0.1, 0.15) is 10.6 Å². The Hall–Kier alpha value is -2.59. The number of likely N-dealkylation sites (tertiary alicyclic amines) is 1. The van der Waals surface area contributed by atoms with Crippen molar-refractivity contribution in [3.05, 3.63) is 28.0 Å². The summed E-state index contributed by atoms with van der Waals surface area (Å²) in [5, 5.41) is 19.3. The van der Waals surface area contributed by atoms with Crippen LogP contribution in [0.25, 0.3) is 0 Å². The molecule has 8 nitrogen and oxygen atoms in total. The first-order valence-electron chi connectivity index (χ1n) is 5.94. The number of carbonyl (C=O) groups excluding carboxylic acids is 1. The van der Waals surface area contributed by atoms with Crippen molar-refractivity contribution in [3.63, 3.8) is 0 Å². The molecule has 1 aromatic rings. The molecular formula is C11H9F3N2O6. The average molecular weight is 322 g/mol. The van der Waals surface area contributed by atoms with Crippen LogP contribution in [0, 0.1) is 22.0 Å². The van der Waals surface area contributed by atoms with Gasteiger partial charge in [-0.3, -0.25) is 19.7 Å². The van der Waals surface area contributed by atoms with Gasteiger partial charge in [-0.2, -0.15) is 13.2 Å². The molecule has 0 aromatic carbocycles. The van der Waals surface area contributed by atoms with E-state index in [-0.39, 0.29) is 0 Å². The number of amides is 1. The number of carbonyl (C=O) groups is 2. The van der Waals surface area contributed by atoms with Crippen molar-refractivity contribution >= 4 is 17.8 Å². The van der Waals surface area contributed by atoms with E-state index in [9.17, 15) is 32.9 Å². The van der Waals surface area contributed by atoms with Gasteiger partial charge in [0.05, 0.1) is 17.9 Å². The number of hydrogen-bond acceptors (Lipinski definition) is 5. The number of halogens is 3. The summed E-state index contributed by atoms with van der Waals surface area (Å²) in [6.45, 7) is -1.49. The fraction of sp³-hybridized carbons (Fsp3) is 0.455. The largest absolute Gasteiger partial charge is 0.481 e. The van der Waals surface area contributed by atoms with Crippen LogP contribution in [-0.4, -0.2) is 46.1 Å². The van der Waals surface area contributed by atoms with Crippen molar-refractivity contribution in [1.82, 2.24) is 4.90 Å². The van der Waals surface area contributed by atoms with E-state index in [1.807, 2.05) is 0 Å². The predicted octanol–water partition coefficient (Wildman–Crippen LogP) is 1.52. The maximum atomic E-state index is 12.8. The van der Waals surface area contributed by atoms with Gasteiger partial charge in [0.25, 0.3) is 5.91 Å². The number of alkyl halides is 3. The van der Waals surface area contributed by atoms with E-state index in [0.717, 1.165) is 12.1 Å². The average Bonchev–Trinajstić information content (AvgIpc) is 3.04. The van der Waals surface area contributed by atoms with Gasteiger partial charge in [0.15, 0.2) is 5.76 Å². The van der Waals surface area contributed by atoms with Crippen LogP contribution in [0.3, 0.4) is 0 Å². The molecule has 120 valence electrons. The standard InChI is InChI=1S/C11H9F3N2O6/c12-11(13,14)6-4-15(3-5(6)10(18)19)9(17)7-1-2-8(22-7)16(20)21/h1-2,5-6H,3-4H2,(H,18,19)/t5-,6-/m1/s1. The number of nitro groups is 1. The van der Waals surface area contributed by atoms with Crippen molar-refractivity contribution in [1.29, 1.82) is 0 Å². The Labute approximate surface area is 120 Å². The molecule has 0 aliphatic carbocycles. The molecule has 2 atom stereocenters. The molecule has 2 rings (SSSR count). The molecule has 1 N–H and O–H groups in total. The molecule has 1 aliphatic heterocycles. The number of hydrogen-bond donors (Lipinski definition) is 1. The fourth-order valence-electron chi connectivity index (χ4n) is 2.25. The van der Waals surface area contributed by atoms with Crippen LogP contribution in [0.5, 0.6) is 0 Å². The monoisotopic (exact) mass is 322 g/mol. The number of carboxylic acids is 1. The fourth-order valence-corrected chi connectivity index (χ4v) is 2.25. The van der Waals surface area contributed by atoms with Crippen LogP contribution in [-0.2, 0) is 4.79 Å². The maximum Gasteiger partial charge on any atom is 0.433 e. The molecule has 0 spiro atoms. The van der Waals surface area contributed by atoms with Crippen LogP contribution in [0.2, 0.25) is 0 Å². The lowest BCUT2D eigenvalue weighted by atomic mass is 9.96. The molecule has 0 bridgehead atoms. The van der Waals surface area contributed by atoms with Crippen LogP contribution >= 0.6 is 0 Å². The number of nitrogens with zero attached hydrogens (tertiary/aromatic N) is 2. The molecule has 0 saturated carbocycles. The third-order valence-electron chi connectivity index (χ3n) is 3.33. The van der Waals surface area contributed by atoms with E-state index in [0.29, 0.717) is 4.90 Å². The summed E-state index contributed by atoms with van der Waals surface area (Å²) in [4.78, 5) is 33.1. The molecule has 11 heteroatoms. The van der Waals surface area contributed by atoms with Gasteiger partial charge in [0.2, 0.25) is 0 Å². The van der Waals surface area contributed by atoms with Crippen molar-refractivity contribution in [2.75, 3.05) is 13.1 Å². The number of rotatable bonds is 3. The highest BCUT2D eigenvalue weighted by molar-refractivity contribution is 5.92. The minimum atomic E-state index is -4.77. The summed E-state index contributed by atoms with van der Waals surface area (Å²) in [7, 11) is 0. The van der Waals surface area contributed by atoms with Crippen LogP contribution < -0.4 is 0 Å². The zero-order chi connectivity index (χ0) is 16.7. The Bertz CT molecular complexity index is 626. The quantitative estimate of drug-likeness (QED) is 0.666. The number of carboxylic acid groups (broad SMARTS) is 1. The molecule has 1 aromatic heterocycles. The lowest BCUT2D eigenvalue weighted by Gasteiger charge is -2.17. The molecule has 2 heterocycles.